The predicted molar refractivity (Wildman–Crippen MR) is 85.1 cm³/mol. The number of amides is 1. The van der Waals surface area contributed by atoms with E-state index in [1.807, 2.05) is 6.07 Å². The molecule has 1 aromatic carbocycles. The maximum absolute atomic E-state index is 12.2. The van der Waals surface area contributed by atoms with E-state index >= 15 is 0 Å². The van der Waals surface area contributed by atoms with Crippen LogP contribution in [0.2, 0.25) is 0 Å². The van der Waals surface area contributed by atoms with Crippen LogP contribution in [0.25, 0.3) is 0 Å². The highest BCUT2D eigenvalue weighted by Gasteiger charge is 2.11. The van der Waals surface area contributed by atoms with Crippen molar-refractivity contribution >= 4 is 38.9 Å². The van der Waals surface area contributed by atoms with Gasteiger partial charge in [0.2, 0.25) is 0 Å². The van der Waals surface area contributed by atoms with E-state index in [9.17, 15) is 4.79 Å². The molecule has 0 aliphatic heterocycles. The van der Waals surface area contributed by atoms with E-state index in [4.69, 9.17) is 10.4 Å². The molecule has 0 fully saturated rings. The van der Waals surface area contributed by atoms with E-state index in [0.29, 0.717) is 21.7 Å². The number of halogens is 1. The lowest BCUT2D eigenvalue weighted by Crippen LogP contribution is -2.11. The monoisotopic (exact) mass is 360 g/mol. The van der Waals surface area contributed by atoms with Crippen molar-refractivity contribution in [1.82, 2.24) is 0 Å². The second-order valence-electron chi connectivity index (χ2n) is 3.92. The Morgan fingerprint density at radius 3 is 2.95 bits per heavy atom. The van der Waals surface area contributed by atoms with Crippen molar-refractivity contribution in [3.8, 4) is 17.9 Å². The number of rotatable bonds is 2. The molecule has 0 spiro atoms. The van der Waals surface area contributed by atoms with E-state index in [1.165, 1.54) is 11.3 Å². The van der Waals surface area contributed by atoms with Gasteiger partial charge in [-0.3, -0.25) is 4.79 Å². The number of nitrogens with one attached hydrogen (secondary N) is 1. The Morgan fingerprint density at radius 1 is 1.43 bits per heavy atom. The molecule has 0 radical (unpaired) electrons. The van der Waals surface area contributed by atoms with Crippen molar-refractivity contribution in [1.29, 1.82) is 5.26 Å². The Labute approximate surface area is 134 Å². The van der Waals surface area contributed by atoms with Gasteiger partial charge in [0.05, 0.1) is 21.7 Å². The van der Waals surface area contributed by atoms with Gasteiger partial charge in [-0.1, -0.05) is 27.8 Å². The standard InChI is InChI=1S/C15H9BrN2O2S/c16-12-4-3-10(8-17)14(7-12)18-15(20)11-6-13(21-9-11)2-1-5-19/h3-4,6-7,9,19H,5H2,(H,18,20). The molecule has 1 amide bonds. The lowest BCUT2D eigenvalue weighted by atomic mass is 10.2. The van der Waals surface area contributed by atoms with Gasteiger partial charge in [-0.05, 0) is 24.3 Å². The lowest BCUT2D eigenvalue weighted by molar-refractivity contribution is 0.102. The van der Waals surface area contributed by atoms with Crippen LogP contribution in [0, 0.1) is 23.2 Å². The second kappa shape index (κ2) is 7.05. The quantitative estimate of drug-likeness (QED) is 0.808. The van der Waals surface area contributed by atoms with Crippen LogP contribution in [0.3, 0.4) is 0 Å². The highest BCUT2D eigenvalue weighted by atomic mass is 79.9. The molecular weight excluding hydrogens is 352 g/mol. The predicted octanol–water partition coefficient (Wildman–Crippen LogP) is 2.98. The summed E-state index contributed by atoms with van der Waals surface area (Å²) in [4.78, 5) is 12.9. The van der Waals surface area contributed by atoms with Crippen LogP contribution in [-0.4, -0.2) is 17.6 Å². The largest absolute Gasteiger partial charge is 0.384 e. The maximum Gasteiger partial charge on any atom is 0.256 e. The van der Waals surface area contributed by atoms with E-state index < -0.39 is 0 Å². The molecule has 2 rings (SSSR count). The number of carbonyl (C=O) groups is 1. The van der Waals surface area contributed by atoms with Gasteiger partial charge in [0.15, 0.2) is 0 Å². The molecule has 0 bridgehead atoms. The molecule has 0 unspecified atom stereocenters. The zero-order chi connectivity index (χ0) is 15.2. The van der Waals surface area contributed by atoms with Gasteiger partial charge < -0.3 is 10.4 Å². The minimum Gasteiger partial charge on any atom is -0.384 e. The van der Waals surface area contributed by atoms with Crippen molar-refractivity contribution < 1.29 is 9.90 Å². The highest BCUT2D eigenvalue weighted by Crippen LogP contribution is 2.22. The number of nitriles is 1. The summed E-state index contributed by atoms with van der Waals surface area (Å²) in [6, 6.07) is 8.72. The van der Waals surface area contributed by atoms with Crippen molar-refractivity contribution in [2.24, 2.45) is 0 Å². The van der Waals surface area contributed by atoms with Crippen LogP contribution < -0.4 is 5.32 Å². The maximum atomic E-state index is 12.2. The van der Waals surface area contributed by atoms with E-state index in [2.05, 4.69) is 33.1 Å². The van der Waals surface area contributed by atoms with Gasteiger partial charge in [0, 0.05) is 9.85 Å². The average Bonchev–Trinajstić information content (AvgIpc) is 2.94. The van der Waals surface area contributed by atoms with Crippen LogP contribution in [-0.2, 0) is 0 Å². The molecule has 4 nitrogen and oxygen atoms in total. The van der Waals surface area contributed by atoms with Crippen molar-refractivity contribution in [3.05, 3.63) is 50.1 Å². The fraction of sp³-hybridized carbons (Fsp3) is 0.0667. The van der Waals surface area contributed by atoms with Crippen LogP contribution in [0.4, 0.5) is 5.69 Å². The second-order valence-corrected chi connectivity index (χ2v) is 5.74. The van der Waals surface area contributed by atoms with Crippen LogP contribution >= 0.6 is 27.3 Å². The first-order chi connectivity index (χ1) is 10.1. The fourth-order valence-electron chi connectivity index (χ4n) is 1.56. The summed E-state index contributed by atoms with van der Waals surface area (Å²) in [5, 5.41) is 22.1. The first-order valence-corrected chi connectivity index (χ1v) is 7.50. The molecule has 0 aliphatic carbocycles. The first kappa shape index (κ1) is 15.3. The molecule has 0 saturated heterocycles. The van der Waals surface area contributed by atoms with E-state index in [1.54, 1.807) is 29.6 Å². The van der Waals surface area contributed by atoms with E-state index in [0.717, 1.165) is 4.47 Å². The summed E-state index contributed by atoms with van der Waals surface area (Å²) in [5.74, 6) is 4.96. The van der Waals surface area contributed by atoms with Crippen LogP contribution in [0.5, 0.6) is 0 Å². The molecular formula is C15H9BrN2O2S. The average molecular weight is 361 g/mol. The Hall–Kier alpha value is -2.12. The van der Waals surface area contributed by atoms with Gasteiger partial charge in [-0.15, -0.1) is 11.3 Å². The number of anilines is 1. The molecule has 104 valence electrons. The Morgan fingerprint density at radius 2 is 2.24 bits per heavy atom. The van der Waals surface area contributed by atoms with Crippen molar-refractivity contribution in [3.63, 3.8) is 0 Å². The number of benzene rings is 1. The van der Waals surface area contributed by atoms with Crippen LogP contribution in [0.1, 0.15) is 20.8 Å². The normalized spacial score (nSPS) is 9.38. The molecule has 2 N–H and O–H groups in total. The Balaban J connectivity index is 2.20. The molecule has 6 heteroatoms. The van der Waals surface area contributed by atoms with Gasteiger partial charge in [0.1, 0.15) is 12.7 Å². The van der Waals surface area contributed by atoms with Gasteiger partial charge >= 0.3 is 0 Å². The van der Waals surface area contributed by atoms with Gasteiger partial charge in [-0.2, -0.15) is 5.26 Å². The zero-order valence-electron chi connectivity index (χ0n) is 10.7. The van der Waals surface area contributed by atoms with Crippen molar-refractivity contribution in [2.45, 2.75) is 0 Å². The lowest BCUT2D eigenvalue weighted by Gasteiger charge is -2.06. The molecule has 0 atom stereocenters. The fourth-order valence-corrected chi connectivity index (χ4v) is 2.68. The van der Waals surface area contributed by atoms with Crippen LogP contribution in [0.15, 0.2) is 34.1 Å². The Kier molecular flexibility index (Phi) is 5.13. The highest BCUT2D eigenvalue weighted by molar-refractivity contribution is 9.10. The van der Waals surface area contributed by atoms with Gasteiger partial charge in [0.25, 0.3) is 5.91 Å². The number of thiophene rings is 1. The number of hydrogen-bond donors (Lipinski definition) is 2. The summed E-state index contributed by atoms with van der Waals surface area (Å²) in [7, 11) is 0. The molecule has 0 aliphatic rings. The van der Waals surface area contributed by atoms with Crippen molar-refractivity contribution in [2.75, 3.05) is 11.9 Å². The third-order valence-electron chi connectivity index (χ3n) is 2.50. The summed E-state index contributed by atoms with van der Waals surface area (Å²) in [6.07, 6.45) is 0. The minimum absolute atomic E-state index is 0.219. The summed E-state index contributed by atoms with van der Waals surface area (Å²) >= 11 is 4.63. The SMILES string of the molecule is N#Cc1ccc(Br)cc1NC(=O)c1csc(C#CCO)c1. The number of hydrogen-bond acceptors (Lipinski definition) is 4. The third kappa shape index (κ3) is 3.93. The number of nitrogens with zero attached hydrogens (tertiary/aromatic N) is 1. The topological polar surface area (TPSA) is 73.1 Å². The number of carbonyl (C=O) groups excluding carboxylic acids is 1. The van der Waals surface area contributed by atoms with E-state index in [-0.39, 0.29) is 12.5 Å². The number of aliphatic hydroxyl groups excluding tert-OH is 1. The number of aliphatic hydroxyl groups is 1. The first-order valence-electron chi connectivity index (χ1n) is 5.83. The minimum atomic E-state index is -0.308. The summed E-state index contributed by atoms with van der Waals surface area (Å²) in [5.41, 5.74) is 1.30. The molecule has 1 aromatic heterocycles. The smallest absolute Gasteiger partial charge is 0.256 e. The molecule has 21 heavy (non-hydrogen) atoms. The molecule has 2 aromatic rings. The Bertz CT molecular complexity index is 781. The molecule has 1 heterocycles. The third-order valence-corrected chi connectivity index (χ3v) is 3.84. The summed E-state index contributed by atoms with van der Waals surface area (Å²) < 4.78 is 0.775. The molecule has 0 saturated carbocycles. The van der Waals surface area contributed by atoms with Gasteiger partial charge in [-0.25, -0.2) is 0 Å². The zero-order valence-corrected chi connectivity index (χ0v) is 13.1. The summed E-state index contributed by atoms with van der Waals surface area (Å²) in [6.45, 7) is -0.219.